The van der Waals surface area contributed by atoms with E-state index in [1.165, 1.54) is 23.9 Å². The van der Waals surface area contributed by atoms with Crippen LogP contribution in [0.2, 0.25) is 0 Å². The molecule has 1 aromatic carbocycles. The Hall–Kier alpha value is -0.560. The van der Waals surface area contributed by atoms with Crippen LogP contribution in [0.4, 0.5) is 0 Å². The molecule has 4 nitrogen and oxygen atoms in total. The fourth-order valence-corrected chi connectivity index (χ4v) is 2.57. The first-order chi connectivity index (χ1) is 7.52. The zero-order valence-electron chi connectivity index (χ0n) is 8.26. The molecular formula is C10H11BrO4S. The summed E-state index contributed by atoms with van der Waals surface area (Å²) < 4.78 is 0.674. The Morgan fingerprint density at radius 2 is 2.12 bits per heavy atom. The maximum atomic E-state index is 10.8. The molecule has 1 rings (SSSR count). The third kappa shape index (κ3) is 4.13. The monoisotopic (exact) mass is 306 g/mol. The summed E-state index contributed by atoms with van der Waals surface area (Å²) in [7, 11) is 0. The van der Waals surface area contributed by atoms with E-state index < -0.39 is 12.1 Å². The van der Waals surface area contributed by atoms with Crippen LogP contribution in [-0.4, -0.2) is 39.8 Å². The minimum absolute atomic E-state index is 0.190. The lowest BCUT2D eigenvalue weighted by atomic mass is 10.2. The highest BCUT2D eigenvalue weighted by Gasteiger charge is 2.08. The summed E-state index contributed by atoms with van der Waals surface area (Å²) in [5, 5.41) is 26.6. The molecule has 0 aliphatic carbocycles. The van der Waals surface area contributed by atoms with Crippen molar-refractivity contribution in [3.8, 4) is 0 Å². The lowest BCUT2D eigenvalue weighted by Gasteiger charge is -2.07. The second-order valence-corrected chi connectivity index (χ2v) is 5.14. The first kappa shape index (κ1) is 13.5. The van der Waals surface area contributed by atoms with Gasteiger partial charge in [-0.2, -0.15) is 0 Å². The van der Waals surface area contributed by atoms with Gasteiger partial charge in [0.05, 0.1) is 18.3 Å². The van der Waals surface area contributed by atoms with Crippen LogP contribution >= 0.6 is 27.7 Å². The van der Waals surface area contributed by atoms with Gasteiger partial charge in [-0.1, -0.05) is 15.9 Å². The van der Waals surface area contributed by atoms with E-state index >= 15 is 0 Å². The summed E-state index contributed by atoms with van der Waals surface area (Å²) in [5.41, 5.74) is 0.190. The van der Waals surface area contributed by atoms with Crippen molar-refractivity contribution in [1.82, 2.24) is 0 Å². The van der Waals surface area contributed by atoms with Gasteiger partial charge in [0.1, 0.15) is 0 Å². The van der Waals surface area contributed by atoms with E-state index in [-0.39, 0.29) is 12.2 Å². The molecule has 0 saturated carbocycles. The van der Waals surface area contributed by atoms with Gasteiger partial charge in [0.2, 0.25) is 0 Å². The fraction of sp³-hybridized carbons (Fsp3) is 0.300. The molecule has 0 aliphatic rings. The van der Waals surface area contributed by atoms with Crippen molar-refractivity contribution < 1.29 is 20.1 Å². The Morgan fingerprint density at radius 1 is 1.44 bits per heavy atom. The van der Waals surface area contributed by atoms with Crippen molar-refractivity contribution >= 4 is 33.7 Å². The summed E-state index contributed by atoms with van der Waals surface area (Å²) >= 11 is 4.51. The number of carboxylic acids is 1. The molecule has 0 spiro atoms. The maximum absolute atomic E-state index is 10.8. The number of halogens is 1. The van der Waals surface area contributed by atoms with Crippen molar-refractivity contribution in [2.75, 3.05) is 12.4 Å². The molecule has 88 valence electrons. The zero-order chi connectivity index (χ0) is 12.1. The lowest BCUT2D eigenvalue weighted by molar-refractivity contribution is 0.0696. The molecule has 0 heterocycles. The molecule has 3 N–H and O–H groups in total. The Kier molecular flexibility index (Phi) is 5.27. The largest absolute Gasteiger partial charge is 0.478 e. The number of hydrogen-bond acceptors (Lipinski definition) is 4. The number of benzene rings is 1. The first-order valence-corrected chi connectivity index (χ1v) is 6.26. The molecule has 1 aromatic rings. The van der Waals surface area contributed by atoms with Gasteiger partial charge < -0.3 is 15.3 Å². The zero-order valence-corrected chi connectivity index (χ0v) is 10.7. The second kappa shape index (κ2) is 6.24. The van der Waals surface area contributed by atoms with E-state index in [2.05, 4.69) is 15.9 Å². The predicted octanol–water partition coefficient (Wildman–Crippen LogP) is 1.59. The SMILES string of the molecule is O=C(O)c1cc(Br)cc(SCC(O)CO)c1. The molecule has 0 aromatic heterocycles. The first-order valence-electron chi connectivity index (χ1n) is 4.48. The van der Waals surface area contributed by atoms with Crippen molar-refractivity contribution in [2.24, 2.45) is 0 Å². The van der Waals surface area contributed by atoms with Gasteiger partial charge in [-0.25, -0.2) is 4.79 Å². The van der Waals surface area contributed by atoms with Crippen LogP contribution in [-0.2, 0) is 0 Å². The van der Waals surface area contributed by atoms with Crippen LogP contribution in [0.1, 0.15) is 10.4 Å². The van der Waals surface area contributed by atoms with Gasteiger partial charge in [0.15, 0.2) is 0 Å². The minimum Gasteiger partial charge on any atom is -0.478 e. The van der Waals surface area contributed by atoms with Crippen LogP contribution < -0.4 is 0 Å². The molecule has 0 saturated heterocycles. The van der Waals surface area contributed by atoms with Crippen molar-refractivity contribution in [3.05, 3.63) is 28.2 Å². The van der Waals surface area contributed by atoms with Crippen LogP contribution in [0, 0.1) is 0 Å². The lowest BCUT2D eigenvalue weighted by Crippen LogP contribution is -2.14. The number of aromatic carboxylic acids is 1. The van der Waals surface area contributed by atoms with E-state index in [0.29, 0.717) is 10.2 Å². The van der Waals surface area contributed by atoms with Gasteiger partial charge in [0.25, 0.3) is 0 Å². The average molecular weight is 307 g/mol. The Bertz CT molecular complexity index is 383. The summed E-state index contributed by atoms with van der Waals surface area (Å²) in [6.07, 6.45) is -0.794. The van der Waals surface area contributed by atoms with Gasteiger partial charge >= 0.3 is 5.97 Å². The molecule has 0 amide bonds. The van der Waals surface area contributed by atoms with Gasteiger partial charge in [-0.15, -0.1) is 11.8 Å². The highest BCUT2D eigenvalue weighted by molar-refractivity contribution is 9.10. The molecule has 0 fully saturated rings. The fourth-order valence-electron chi connectivity index (χ4n) is 1.01. The second-order valence-electron chi connectivity index (χ2n) is 3.13. The predicted molar refractivity (Wildman–Crippen MR) is 64.9 cm³/mol. The smallest absolute Gasteiger partial charge is 0.335 e. The number of aliphatic hydroxyl groups excluding tert-OH is 2. The Morgan fingerprint density at radius 3 is 2.69 bits per heavy atom. The molecule has 0 aliphatic heterocycles. The van der Waals surface area contributed by atoms with E-state index in [9.17, 15) is 4.79 Å². The number of rotatable bonds is 5. The molecule has 1 atom stereocenters. The average Bonchev–Trinajstić information content (AvgIpc) is 2.25. The van der Waals surface area contributed by atoms with Crippen molar-refractivity contribution in [3.63, 3.8) is 0 Å². The van der Waals surface area contributed by atoms with Gasteiger partial charge in [0, 0.05) is 15.1 Å². The molecule has 0 radical (unpaired) electrons. The highest BCUT2D eigenvalue weighted by atomic mass is 79.9. The van der Waals surface area contributed by atoms with Crippen molar-refractivity contribution in [2.45, 2.75) is 11.0 Å². The van der Waals surface area contributed by atoms with Gasteiger partial charge in [-0.05, 0) is 18.2 Å². The molecule has 6 heteroatoms. The summed E-state index contributed by atoms with van der Waals surface area (Å²) in [4.78, 5) is 11.5. The summed E-state index contributed by atoms with van der Waals surface area (Å²) in [6, 6.07) is 4.80. The number of thioether (sulfide) groups is 1. The van der Waals surface area contributed by atoms with Crippen molar-refractivity contribution in [1.29, 1.82) is 0 Å². The van der Waals surface area contributed by atoms with E-state index in [0.717, 1.165) is 4.90 Å². The number of aliphatic hydroxyl groups is 2. The van der Waals surface area contributed by atoms with Crippen LogP contribution in [0.15, 0.2) is 27.6 Å². The Labute approximate surface area is 105 Å². The topological polar surface area (TPSA) is 77.8 Å². The number of carboxylic acid groups (broad SMARTS) is 1. The highest BCUT2D eigenvalue weighted by Crippen LogP contribution is 2.25. The number of carbonyl (C=O) groups is 1. The van der Waals surface area contributed by atoms with Gasteiger partial charge in [-0.3, -0.25) is 0 Å². The maximum Gasteiger partial charge on any atom is 0.335 e. The normalized spacial score (nSPS) is 12.4. The third-order valence-electron chi connectivity index (χ3n) is 1.77. The molecule has 16 heavy (non-hydrogen) atoms. The van der Waals surface area contributed by atoms with Crippen LogP contribution in [0.5, 0.6) is 0 Å². The standard InChI is InChI=1S/C10H11BrO4S/c11-7-1-6(10(14)15)2-9(3-7)16-5-8(13)4-12/h1-3,8,12-13H,4-5H2,(H,14,15). The van der Waals surface area contributed by atoms with E-state index in [1.54, 1.807) is 6.07 Å². The number of hydrogen-bond donors (Lipinski definition) is 3. The summed E-state index contributed by atoms with van der Waals surface area (Å²) in [5.74, 6) is -0.669. The van der Waals surface area contributed by atoms with Crippen LogP contribution in [0.3, 0.4) is 0 Å². The van der Waals surface area contributed by atoms with E-state index in [1.807, 2.05) is 0 Å². The molecule has 0 bridgehead atoms. The summed E-state index contributed by atoms with van der Waals surface area (Å²) in [6.45, 7) is -0.299. The van der Waals surface area contributed by atoms with Crippen LogP contribution in [0.25, 0.3) is 0 Å². The minimum atomic E-state index is -0.995. The third-order valence-corrected chi connectivity index (χ3v) is 3.35. The Balaban J connectivity index is 2.76. The quantitative estimate of drug-likeness (QED) is 0.720. The molecular weight excluding hydrogens is 296 g/mol. The molecule has 1 unspecified atom stereocenters. The van der Waals surface area contributed by atoms with E-state index in [4.69, 9.17) is 15.3 Å².